The van der Waals surface area contributed by atoms with Crippen molar-refractivity contribution in [2.75, 3.05) is 13.1 Å². The van der Waals surface area contributed by atoms with Crippen molar-refractivity contribution in [3.05, 3.63) is 66.2 Å². The van der Waals surface area contributed by atoms with Gasteiger partial charge in [-0.1, -0.05) is 12.1 Å². The van der Waals surface area contributed by atoms with Gasteiger partial charge in [0, 0.05) is 29.8 Å². The van der Waals surface area contributed by atoms with Gasteiger partial charge >= 0.3 is 0 Å². The summed E-state index contributed by atoms with van der Waals surface area (Å²) >= 11 is 0. The lowest BCUT2D eigenvalue weighted by molar-refractivity contribution is 0.475. The second-order valence-corrected chi connectivity index (χ2v) is 7.70. The second kappa shape index (κ2) is 8.01. The molecule has 8 heteroatoms. The van der Waals surface area contributed by atoms with Crippen LogP contribution in [0.1, 0.15) is 12.0 Å². The van der Waals surface area contributed by atoms with Gasteiger partial charge in [-0.05, 0) is 55.0 Å². The highest BCUT2D eigenvalue weighted by atomic mass is 35.5. The molecule has 4 N–H and O–H groups in total. The molecule has 0 atom stereocenters. The molecule has 3 heterocycles. The molecule has 32 heavy (non-hydrogen) atoms. The Balaban J connectivity index is 0.00000216. The third kappa shape index (κ3) is 3.56. The number of aromatic nitrogens is 4. The Morgan fingerprint density at radius 2 is 1.41 bits per heavy atom. The number of aliphatic imine (C=N–C) groups is 1. The van der Waals surface area contributed by atoms with Crippen LogP contribution in [0.2, 0.25) is 0 Å². The van der Waals surface area contributed by atoms with Crippen molar-refractivity contribution < 1.29 is 5.11 Å². The first-order chi connectivity index (χ1) is 15.2. The molecule has 1 aliphatic rings. The van der Waals surface area contributed by atoms with Crippen LogP contribution in [0.25, 0.3) is 44.8 Å². The van der Waals surface area contributed by atoms with Crippen molar-refractivity contribution in [3.8, 4) is 28.5 Å². The van der Waals surface area contributed by atoms with Crippen molar-refractivity contribution >= 4 is 40.3 Å². The summed E-state index contributed by atoms with van der Waals surface area (Å²) in [5.74, 6) is 2.69. The lowest BCUT2D eigenvalue weighted by Crippen LogP contribution is -2.30. The lowest BCUT2D eigenvalue weighted by Gasteiger charge is -2.14. The van der Waals surface area contributed by atoms with Crippen molar-refractivity contribution in [1.82, 2.24) is 25.3 Å². The van der Waals surface area contributed by atoms with Crippen LogP contribution in [-0.2, 0) is 0 Å². The van der Waals surface area contributed by atoms with E-state index in [0.29, 0.717) is 0 Å². The number of halogens is 1. The number of aromatic hydroxyl groups is 1. The monoisotopic (exact) mass is 444 g/mol. The highest BCUT2D eigenvalue weighted by molar-refractivity contribution is 6.01. The van der Waals surface area contributed by atoms with Crippen molar-refractivity contribution in [2.24, 2.45) is 4.99 Å². The fourth-order valence-electron chi connectivity index (χ4n) is 3.97. The Bertz CT molecular complexity index is 1470. The van der Waals surface area contributed by atoms with Crippen LogP contribution in [0, 0.1) is 0 Å². The topological polar surface area (TPSA) is 102 Å². The highest BCUT2D eigenvalue weighted by Gasteiger charge is 2.12. The first-order valence-corrected chi connectivity index (χ1v) is 10.3. The molecule has 160 valence electrons. The molecule has 0 radical (unpaired) electrons. The molecule has 1 aliphatic heterocycles. The molecule has 5 aromatic rings. The smallest absolute Gasteiger partial charge is 0.138 e. The molecule has 2 aromatic heterocycles. The van der Waals surface area contributed by atoms with Crippen LogP contribution in [0.15, 0.2) is 65.7 Å². The summed E-state index contributed by atoms with van der Waals surface area (Å²) in [4.78, 5) is 20.8. The molecule has 0 fully saturated rings. The van der Waals surface area contributed by atoms with Crippen molar-refractivity contribution in [1.29, 1.82) is 0 Å². The van der Waals surface area contributed by atoms with E-state index in [-0.39, 0.29) is 18.2 Å². The Kier molecular flexibility index (Phi) is 5.03. The number of aromatic amines is 2. The van der Waals surface area contributed by atoms with E-state index in [1.54, 1.807) is 18.2 Å². The van der Waals surface area contributed by atoms with E-state index in [1.165, 1.54) is 0 Å². The SMILES string of the molecule is Cl.Oc1cccc(-c2nc3ccc(-c4nc5ccc(C6=NCCCN6)cc5[nH]4)cc3[nH]2)c1. The molecule has 3 aromatic carbocycles. The van der Waals surface area contributed by atoms with E-state index in [9.17, 15) is 5.11 Å². The summed E-state index contributed by atoms with van der Waals surface area (Å²) in [6.45, 7) is 1.82. The average Bonchev–Trinajstić information content (AvgIpc) is 3.43. The Hall–Kier alpha value is -3.84. The maximum Gasteiger partial charge on any atom is 0.138 e. The Morgan fingerprint density at radius 3 is 2.06 bits per heavy atom. The van der Waals surface area contributed by atoms with E-state index in [2.05, 4.69) is 37.4 Å². The average molecular weight is 445 g/mol. The molecule has 0 saturated heterocycles. The van der Waals surface area contributed by atoms with Gasteiger partial charge in [0.15, 0.2) is 0 Å². The van der Waals surface area contributed by atoms with Gasteiger partial charge in [0.1, 0.15) is 23.2 Å². The molecule has 0 saturated carbocycles. The van der Waals surface area contributed by atoms with Crippen LogP contribution >= 0.6 is 12.4 Å². The molecular formula is C24H21ClN6O. The maximum atomic E-state index is 9.75. The lowest BCUT2D eigenvalue weighted by atomic mass is 10.1. The van der Waals surface area contributed by atoms with Crippen LogP contribution < -0.4 is 5.32 Å². The minimum absolute atomic E-state index is 0. The van der Waals surface area contributed by atoms with Gasteiger partial charge in [-0.25, -0.2) is 9.97 Å². The highest BCUT2D eigenvalue weighted by Crippen LogP contribution is 2.27. The van der Waals surface area contributed by atoms with Gasteiger partial charge in [-0.2, -0.15) is 0 Å². The quantitative estimate of drug-likeness (QED) is 0.325. The molecule has 7 nitrogen and oxygen atoms in total. The number of phenols is 1. The van der Waals surface area contributed by atoms with Crippen LogP contribution in [0.4, 0.5) is 0 Å². The van der Waals surface area contributed by atoms with Gasteiger partial charge in [-0.3, -0.25) is 4.99 Å². The summed E-state index contributed by atoms with van der Waals surface area (Å²) in [6, 6.07) is 19.3. The summed E-state index contributed by atoms with van der Waals surface area (Å²) in [5.41, 5.74) is 6.56. The van der Waals surface area contributed by atoms with E-state index in [0.717, 1.165) is 75.8 Å². The minimum Gasteiger partial charge on any atom is -0.508 e. The normalized spacial score (nSPS) is 13.6. The van der Waals surface area contributed by atoms with E-state index in [1.807, 2.05) is 30.3 Å². The largest absolute Gasteiger partial charge is 0.508 e. The first-order valence-electron chi connectivity index (χ1n) is 10.3. The van der Waals surface area contributed by atoms with E-state index in [4.69, 9.17) is 4.98 Å². The molecule has 0 bridgehead atoms. The number of H-pyrrole nitrogens is 2. The molecule has 6 rings (SSSR count). The molecule has 0 unspecified atom stereocenters. The fourth-order valence-corrected chi connectivity index (χ4v) is 3.97. The number of nitrogens with zero attached hydrogens (tertiary/aromatic N) is 3. The zero-order chi connectivity index (χ0) is 20.8. The van der Waals surface area contributed by atoms with Gasteiger partial charge in [0.05, 0.1) is 22.1 Å². The zero-order valence-electron chi connectivity index (χ0n) is 17.1. The number of nitrogens with one attached hydrogen (secondary N) is 3. The van der Waals surface area contributed by atoms with Crippen LogP contribution in [0.3, 0.4) is 0 Å². The number of rotatable bonds is 3. The standard InChI is InChI=1S/C24H20N6O.ClH/c31-17-4-1-3-14(11-17)23-27-19-8-6-16(13-21(19)29-23)24-28-18-7-5-15(12-20(18)30-24)22-25-9-2-10-26-22;/h1,3-8,11-13,31H,2,9-10H2,(H,25,26)(H,27,29)(H,28,30);1H. The zero-order valence-corrected chi connectivity index (χ0v) is 17.9. The minimum atomic E-state index is 0. The number of phenolic OH excluding ortho intramolecular Hbond substituents is 1. The summed E-state index contributed by atoms with van der Waals surface area (Å²) in [6.07, 6.45) is 1.07. The van der Waals surface area contributed by atoms with Gasteiger partial charge in [0.25, 0.3) is 0 Å². The second-order valence-electron chi connectivity index (χ2n) is 7.70. The predicted molar refractivity (Wildman–Crippen MR) is 130 cm³/mol. The maximum absolute atomic E-state index is 9.75. The molecule has 0 spiro atoms. The Morgan fingerprint density at radius 1 is 0.750 bits per heavy atom. The van der Waals surface area contributed by atoms with Crippen LogP contribution in [-0.4, -0.2) is 44.0 Å². The van der Waals surface area contributed by atoms with Gasteiger partial charge in [0.2, 0.25) is 0 Å². The predicted octanol–water partition coefficient (Wildman–Crippen LogP) is 4.64. The van der Waals surface area contributed by atoms with Gasteiger partial charge < -0.3 is 20.4 Å². The molecular weight excluding hydrogens is 424 g/mol. The molecule has 0 amide bonds. The summed E-state index contributed by atoms with van der Waals surface area (Å²) in [5, 5.41) is 13.1. The Labute approximate surface area is 190 Å². The fraction of sp³-hybridized carbons (Fsp3) is 0.125. The number of benzene rings is 3. The number of fused-ring (bicyclic) bond motifs is 2. The number of hydrogen-bond donors (Lipinski definition) is 4. The van der Waals surface area contributed by atoms with Crippen LogP contribution in [0.5, 0.6) is 5.75 Å². The van der Waals surface area contributed by atoms with Gasteiger partial charge in [-0.15, -0.1) is 12.4 Å². The van der Waals surface area contributed by atoms with E-state index < -0.39 is 0 Å². The molecule has 0 aliphatic carbocycles. The number of hydrogen-bond acceptors (Lipinski definition) is 5. The van der Waals surface area contributed by atoms with Crippen molar-refractivity contribution in [2.45, 2.75) is 6.42 Å². The third-order valence-electron chi connectivity index (χ3n) is 5.53. The summed E-state index contributed by atoms with van der Waals surface area (Å²) in [7, 11) is 0. The third-order valence-corrected chi connectivity index (χ3v) is 5.53. The first kappa shape index (κ1) is 20.1. The van der Waals surface area contributed by atoms with E-state index >= 15 is 0 Å². The number of amidine groups is 1. The van der Waals surface area contributed by atoms with Crippen molar-refractivity contribution in [3.63, 3.8) is 0 Å². The number of imidazole rings is 2. The summed E-state index contributed by atoms with van der Waals surface area (Å²) < 4.78 is 0.